The molecule has 1 fully saturated rings. The van der Waals surface area contributed by atoms with Crippen molar-refractivity contribution in [2.75, 3.05) is 13.2 Å². The molecule has 0 saturated carbocycles. The SMILES string of the molecule is CC1(C)OCC(CNC(=O)c2n[nH]c3ccccc23)O1. The second-order valence-electron chi connectivity index (χ2n) is 5.28. The minimum atomic E-state index is -0.575. The minimum Gasteiger partial charge on any atom is -0.348 e. The number of carbonyl (C=O) groups is 1. The number of carbonyl (C=O) groups excluding carboxylic acids is 1. The fourth-order valence-corrected chi connectivity index (χ4v) is 2.29. The van der Waals surface area contributed by atoms with Crippen LogP contribution in [0.15, 0.2) is 24.3 Å². The second-order valence-corrected chi connectivity index (χ2v) is 5.28. The van der Waals surface area contributed by atoms with Gasteiger partial charge in [0.1, 0.15) is 6.10 Å². The highest BCUT2D eigenvalue weighted by Crippen LogP contribution is 2.22. The standard InChI is InChI=1S/C14H17N3O3/c1-14(2)19-8-9(20-14)7-15-13(18)12-10-5-3-4-6-11(10)16-17-12/h3-6,9H,7-8H2,1-2H3,(H,15,18)(H,16,17). The van der Waals surface area contributed by atoms with Crippen molar-refractivity contribution < 1.29 is 14.3 Å². The van der Waals surface area contributed by atoms with Gasteiger partial charge in [0.2, 0.25) is 0 Å². The molecule has 1 unspecified atom stereocenters. The van der Waals surface area contributed by atoms with E-state index in [0.29, 0.717) is 18.8 Å². The lowest BCUT2D eigenvalue weighted by Gasteiger charge is -2.17. The van der Waals surface area contributed by atoms with Crippen LogP contribution in [0.1, 0.15) is 24.3 Å². The molecule has 0 spiro atoms. The van der Waals surface area contributed by atoms with E-state index in [1.807, 2.05) is 38.1 Å². The number of hydrogen-bond donors (Lipinski definition) is 2. The Balaban J connectivity index is 1.65. The molecule has 1 atom stereocenters. The number of nitrogens with zero attached hydrogens (tertiary/aromatic N) is 1. The Labute approximate surface area is 116 Å². The molecule has 6 heteroatoms. The van der Waals surface area contributed by atoms with Gasteiger partial charge in [0, 0.05) is 11.9 Å². The molecule has 0 bridgehead atoms. The molecule has 2 aromatic rings. The molecule has 1 amide bonds. The fourth-order valence-electron chi connectivity index (χ4n) is 2.29. The van der Waals surface area contributed by atoms with E-state index >= 15 is 0 Å². The van der Waals surface area contributed by atoms with Crippen molar-refractivity contribution in [1.29, 1.82) is 0 Å². The van der Waals surface area contributed by atoms with Gasteiger partial charge >= 0.3 is 0 Å². The highest BCUT2D eigenvalue weighted by Gasteiger charge is 2.32. The zero-order chi connectivity index (χ0) is 14.2. The first-order valence-electron chi connectivity index (χ1n) is 6.58. The number of aromatic amines is 1. The minimum absolute atomic E-state index is 0.126. The van der Waals surface area contributed by atoms with Gasteiger partial charge in [-0.1, -0.05) is 18.2 Å². The molecule has 2 N–H and O–H groups in total. The summed E-state index contributed by atoms with van der Waals surface area (Å²) < 4.78 is 11.1. The Kier molecular flexibility index (Phi) is 3.19. The predicted molar refractivity (Wildman–Crippen MR) is 73.3 cm³/mol. The molecule has 1 aliphatic rings. The molecule has 106 valence electrons. The summed E-state index contributed by atoms with van der Waals surface area (Å²) in [4.78, 5) is 12.1. The van der Waals surface area contributed by atoms with E-state index in [4.69, 9.17) is 9.47 Å². The normalized spacial score (nSPS) is 21.2. The lowest BCUT2D eigenvalue weighted by molar-refractivity contribution is -0.137. The first-order valence-corrected chi connectivity index (χ1v) is 6.58. The lowest BCUT2D eigenvalue weighted by Crippen LogP contribution is -2.34. The highest BCUT2D eigenvalue weighted by atomic mass is 16.7. The molecular formula is C14H17N3O3. The number of aromatic nitrogens is 2. The zero-order valence-electron chi connectivity index (χ0n) is 11.5. The second kappa shape index (κ2) is 4.88. The van der Waals surface area contributed by atoms with Gasteiger partial charge in [0.05, 0.1) is 12.1 Å². The number of nitrogens with one attached hydrogen (secondary N) is 2. The summed E-state index contributed by atoms with van der Waals surface area (Å²) in [6.45, 7) is 4.60. The molecule has 1 aromatic heterocycles. The number of para-hydroxylation sites is 1. The third-order valence-corrected chi connectivity index (χ3v) is 3.24. The molecule has 1 aromatic carbocycles. The van der Waals surface area contributed by atoms with E-state index < -0.39 is 5.79 Å². The van der Waals surface area contributed by atoms with Crippen molar-refractivity contribution in [1.82, 2.24) is 15.5 Å². The van der Waals surface area contributed by atoms with Crippen LogP contribution in [0.25, 0.3) is 10.9 Å². The molecular weight excluding hydrogens is 258 g/mol. The molecule has 1 aliphatic heterocycles. The van der Waals surface area contributed by atoms with Crippen LogP contribution in [0.4, 0.5) is 0 Å². The van der Waals surface area contributed by atoms with Gasteiger partial charge in [-0.3, -0.25) is 9.89 Å². The summed E-state index contributed by atoms with van der Waals surface area (Å²) in [6, 6.07) is 7.53. The van der Waals surface area contributed by atoms with Crippen LogP contribution in [0.2, 0.25) is 0 Å². The van der Waals surface area contributed by atoms with Crippen LogP contribution < -0.4 is 5.32 Å². The lowest BCUT2D eigenvalue weighted by atomic mass is 10.2. The summed E-state index contributed by atoms with van der Waals surface area (Å²) in [5.74, 6) is -0.787. The van der Waals surface area contributed by atoms with Gasteiger partial charge in [-0.2, -0.15) is 5.10 Å². The maximum atomic E-state index is 12.1. The first-order chi connectivity index (χ1) is 9.55. The molecule has 1 saturated heterocycles. The van der Waals surface area contributed by atoms with Gasteiger partial charge in [0.25, 0.3) is 5.91 Å². The van der Waals surface area contributed by atoms with E-state index in [1.165, 1.54) is 0 Å². The van der Waals surface area contributed by atoms with Gasteiger partial charge in [-0.05, 0) is 19.9 Å². The van der Waals surface area contributed by atoms with E-state index in [1.54, 1.807) is 0 Å². The maximum Gasteiger partial charge on any atom is 0.272 e. The van der Waals surface area contributed by atoms with Crippen LogP contribution in [0, 0.1) is 0 Å². The average molecular weight is 275 g/mol. The van der Waals surface area contributed by atoms with Crippen molar-refractivity contribution in [2.45, 2.75) is 25.7 Å². The predicted octanol–water partition coefficient (Wildman–Crippen LogP) is 1.44. The van der Waals surface area contributed by atoms with E-state index in [2.05, 4.69) is 15.5 Å². The van der Waals surface area contributed by atoms with Crippen LogP contribution in [-0.4, -0.2) is 41.1 Å². The topological polar surface area (TPSA) is 76.2 Å². The van der Waals surface area contributed by atoms with Crippen molar-refractivity contribution in [3.8, 4) is 0 Å². The van der Waals surface area contributed by atoms with Crippen molar-refractivity contribution in [3.05, 3.63) is 30.0 Å². The third-order valence-electron chi connectivity index (χ3n) is 3.24. The van der Waals surface area contributed by atoms with Gasteiger partial charge in [-0.25, -0.2) is 0 Å². The Bertz CT molecular complexity index is 635. The molecule has 2 heterocycles. The highest BCUT2D eigenvalue weighted by molar-refractivity contribution is 6.04. The number of benzene rings is 1. The van der Waals surface area contributed by atoms with E-state index in [-0.39, 0.29) is 12.0 Å². The first kappa shape index (κ1) is 13.1. The van der Waals surface area contributed by atoms with E-state index in [0.717, 1.165) is 10.9 Å². The summed E-state index contributed by atoms with van der Waals surface area (Å²) in [6.07, 6.45) is -0.126. The summed E-state index contributed by atoms with van der Waals surface area (Å²) in [5, 5.41) is 10.5. The number of fused-ring (bicyclic) bond motifs is 1. The van der Waals surface area contributed by atoms with Crippen LogP contribution >= 0.6 is 0 Å². The Morgan fingerprint density at radius 2 is 2.30 bits per heavy atom. The number of amides is 1. The Morgan fingerprint density at radius 3 is 3.05 bits per heavy atom. The van der Waals surface area contributed by atoms with Gasteiger partial charge in [0.15, 0.2) is 11.5 Å². The summed E-state index contributed by atoms with van der Waals surface area (Å²) in [5.41, 5.74) is 1.25. The zero-order valence-corrected chi connectivity index (χ0v) is 11.5. The number of H-pyrrole nitrogens is 1. The Morgan fingerprint density at radius 1 is 1.50 bits per heavy atom. The van der Waals surface area contributed by atoms with Crippen LogP contribution in [0.3, 0.4) is 0 Å². The monoisotopic (exact) mass is 275 g/mol. The molecule has 3 rings (SSSR count). The molecule has 6 nitrogen and oxygen atoms in total. The van der Waals surface area contributed by atoms with Crippen molar-refractivity contribution in [2.24, 2.45) is 0 Å². The fraction of sp³-hybridized carbons (Fsp3) is 0.429. The van der Waals surface area contributed by atoms with Crippen LogP contribution in [-0.2, 0) is 9.47 Å². The smallest absolute Gasteiger partial charge is 0.272 e. The number of rotatable bonds is 3. The number of hydrogen-bond acceptors (Lipinski definition) is 4. The molecule has 0 radical (unpaired) electrons. The number of ether oxygens (including phenoxy) is 2. The van der Waals surface area contributed by atoms with Gasteiger partial charge < -0.3 is 14.8 Å². The van der Waals surface area contributed by atoms with E-state index in [9.17, 15) is 4.79 Å². The summed E-state index contributed by atoms with van der Waals surface area (Å²) in [7, 11) is 0. The molecule has 0 aliphatic carbocycles. The largest absolute Gasteiger partial charge is 0.348 e. The molecule has 20 heavy (non-hydrogen) atoms. The van der Waals surface area contributed by atoms with Crippen molar-refractivity contribution >= 4 is 16.8 Å². The third kappa shape index (κ3) is 2.52. The Hall–Kier alpha value is -1.92. The maximum absolute atomic E-state index is 12.1. The summed E-state index contributed by atoms with van der Waals surface area (Å²) >= 11 is 0. The van der Waals surface area contributed by atoms with Crippen molar-refractivity contribution in [3.63, 3.8) is 0 Å². The van der Waals surface area contributed by atoms with Crippen LogP contribution in [0.5, 0.6) is 0 Å². The average Bonchev–Trinajstić information content (AvgIpc) is 2.99. The quantitative estimate of drug-likeness (QED) is 0.888. The van der Waals surface area contributed by atoms with Gasteiger partial charge in [-0.15, -0.1) is 0 Å².